The van der Waals surface area contributed by atoms with Crippen LogP contribution in [0.3, 0.4) is 0 Å². The van der Waals surface area contributed by atoms with Gasteiger partial charge in [0.05, 0.1) is 16.5 Å². The normalized spacial score (nSPS) is 19.9. The van der Waals surface area contributed by atoms with E-state index < -0.39 is 0 Å². The number of fused-ring (bicyclic) bond motifs is 1. The first kappa shape index (κ1) is 12.5. The number of likely N-dealkylation sites (tertiary alicyclic amines) is 1. The summed E-state index contributed by atoms with van der Waals surface area (Å²) < 4.78 is 0. The second-order valence-electron chi connectivity index (χ2n) is 5.02. The summed E-state index contributed by atoms with van der Waals surface area (Å²) in [7, 11) is 0. The molecule has 1 aromatic heterocycles. The largest absolute Gasteiger partial charge is 0.392 e. The smallest absolute Gasteiger partial charge is 0.0902 e. The molecule has 2 N–H and O–H groups in total. The number of hydrogen-bond donors (Lipinski definition) is 1. The standard InChI is InChI=1S/C15H17N3S/c16-15(19)14-6-3-9-18(14)10-11-7-8-17-13-5-2-1-4-12(11)13/h1-2,4-5,7-8,14H,3,6,9-10H2,(H2,16,19). The molecule has 1 unspecified atom stereocenters. The molecule has 2 aromatic rings. The van der Waals surface area contributed by atoms with Gasteiger partial charge in [-0.3, -0.25) is 9.88 Å². The lowest BCUT2D eigenvalue weighted by molar-refractivity contribution is 0.296. The van der Waals surface area contributed by atoms with Gasteiger partial charge < -0.3 is 5.73 Å². The SMILES string of the molecule is NC(=S)C1CCCN1Cc1ccnc2ccccc12. The summed E-state index contributed by atoms with van der Waals surface area (Å²) in [4.78, 5) is 7.40. The molecule has 0 aliphatic carbocycles. The maximum absolute atomic E-state index is 5.83. The predicted molar refractivity (Wildman–Crippen MR) is 82.0 cm³/mol. The summed E-state index contributed by atoms with van der Waals surface area (Å²) >= 11 is 5.17. The highest BCUT2D eigenvalue weighted by Gasteiger charge is 2.26. The summed E-state index contributed by atoms with van der Waals surface area (Å²) in [6.07, 6.45) is 4.13. The van der Waals surface area contributed by atoms with Crippen LogP contribution < -0.4 is 5.73 Å². The number of thiocarbonyl (C=S) groups is 1. The zero-order chi connectivity index (χ0) is 13.2. The minimum absolute atomic E-state index is 0.252. The van der Waals surface area contributed by atoms with Gasteiger partial charge in [-0.1, -0.05) is 30.4 Å². The molecule has 1 aliphatic heterocycles. The minimum Gasteiger partial charge on any atom is -0.392 e. The molecule has 1 fully saturated rings. The molecule has 1 aliphatic rings. The molecule has 19 heavy (non-hydrogen) atoms. The van der Waals surface area contributed by atoms with E-state index in [0.717, 1.165) is 25.0 Å². The molecular weight excluding hydrogens is 254 g/mol. The van der Waals surface area contributed by atoms with Crippen molar-refractivity contribution < 1.29 is 0 Å². The molecule has 1 atom stereocenters. The Labute approximate surface area is 118 Å². The summed E-state index contributed by atoms with van der Waals surface area (Å²) in [5.41, 5.74) is 8.18. The quantitative estimate of drug-likeness (QED) is 0.871. The Morgan fingerprint density at radius 1 is 1.37 bits per heavy atom. The van der Waals surface area contributed by atoms with Gasteiger partial charge >= 0.3 is 0 Å². The van der Waals surface area contributed by atoms with Crippen molar-refractivity contribution in [1.82, 2.24) is 9.88 Å². The van der Waals surface area contributed by atoms with E-state index in [9.17, 15) is 0 Å². The highest BCUT2D eigenvalue weighted by Crippen LogP contribution is 2.23. The van der Waals surface area contributed by atoms with Gasteiger partial charge in [0.2, 0.25) is 0 Å². The summed E-state index contributed by atoms with van der Waals surface area (Å²) in [5.74, 6) is 0. The lowest BCUT2D eigenvalue weighted by Crippen LogP contribution is -2.38. The van der Waals surface area contributed by atoms with Crippen molar-refractivity contribution in [3.8, 4) is 0 Å². The third-order valence-electron chi connectivity index (χ3n) is 3.80. The Morgan fingerprint density at radius 2 is 2.21 bits per heavy atom. The van der Waals surface area contributed by atoms with Crippen molar-refractivity contribution in [3.63, 3.8) is 0 Å². The van der Waals surface area contributed by atoms with Gasteiger partial charge in [-0.15, -0.1) is 0 Å². The molecule has 0 spiro atoms. The Kier molecular flexibility index (Phi) is 3.44. The van der Waals surface area contributed by atoms with E-state index in [1.165, 1.54) is 17.4 Å². The second-order valence-corrected chi connectivity index (χ2v) is 5.49. The van der Waals surface area contributed by atoms with Crippen LogP contribution in [0.1, 0.15) is 18.4 Å². The first-order valence-corrected chi connectivity index (χ1v) is 7.02. The van der Waals surface area contributed by atoms with E-state index in [0.29, 0.717) is 4.99 Å². The van der Waals surface area contributed by atoms with Gasteiger partial charge in [0, 0.05) is 18.1 Å². The van der Waals surface area contributed by atoms with Crippen LogP contribution in [0.25, 0.3) is 10.9 Å². The number of hydrogen-bond acceptors (Lipinski definition) is 3. The molecule has 1 aromatic carbocycles. The van der Waals surface area contributed by atoms with Gasteiger partial charge in [0.25, 0.3) is 0 Å². The van der Waals surface area contributed by atoms with E-state index in [4.69, 9.17) is 18.0 Å². The molecule has 0 bridgehead atoms. The van der Waals surface area contributed by atoms with Crippen molar-refractivity contribution in [2.75, 3.05) is 6.54 Å². The van der Waals surface area contributed by atoms with Gasteiger partial charge in [-0.2, -0.15) is 0 Å². The van der Waals surface area contributed by atoms with Crippen LogP contribution in [0.15, 0.2) is 36.5 Å². The molecule has 4 heteroatoms. The second kappa shape index (κ2) is 5.23. The van der Waals surface area contributed by atoms with Gasteiger partial charge in [-0.05, 0) is 37.1 Å². The molecule has 3 rings (SSSR count). The molecule has 3 nitrogen and oxygen atoms in total. The fraction of sp³-hybridized carbons (Fsp3) is 0.333. The van der Waals surface area contributed by atoms with Crippen molar-refractivity contribution in [2.24, 2.45) is 5.73 Å². The molecule has 0 radical (unpaired) electrons. The first-order chi connectivity index (χ1) is 9.25. The molecule has 0 saturated carbocycles. The van der Waals surface area contributed by atoms with E-state index in [1.54, 1.807) is 0 Å². The van der Waals surface area contributed by atoms with Crippen molar-refractivity contribution in [1.29, 1.82) is 0 Å². The molecule has 1 saturated heterocycles. The average molecular weight is 271 g/mol. The number of nitrogens with zero attached hydrogens (tertiary/aromatic N) is 2. The first-order valence-electron chi connectivity index (χ1n) is 6.62. The van der Waals surface area contributed by atoms with Crippen LogP contribution in [0, 0.1) is 0 Å². The number of benzene rings is 1. The number of rotatable bonds is 3. The average Bonchev–Trinajstić information content (AvgIpc) is 2.87. The fourth-order valence-electron chi connectivity index (χ4n) is 2.85. The lowest BCUT2D eigenvalue weighted by Gasteiger charge is -2.23. The Hall–Kier alpha value is -1.52. The molecule has 2 heterocycles. The van der Waals surface area contributed by atoms with Crippen LogP contribution in [0.5, 0.6) is 0 Å². The Morgan fingerprint density at radius 3 is 3.05 bits per heavy atom. The van der Waals surface area contributed by atoms with Crippen LogP contribution in [-0.4, -0.2) is 27.5 Å². The summed E-state index contributed by atoms with van der Waals surface area (Å²) in [6, 6.07) is 10.6. The van der Waals surface area contributed by atoms with Crippen molar-refractivity contribution in [2.45, 2.75) is 25.4 Å². The fourth-order valence-corrected chi connectivity index (χ4v) is 3.12. The highest BCUT2D eigenvalue weighted by atomic mass is 32.1. The van der Waals surface area contributed by atoms with Crippen LogP contribution in [0.2, 0.25) is 0 Å². The van der Waals surface area contributed by atoms with E-state index >= 15 is 0 Å². The van der Waals surface area contributed by atoms with Crippen LogP contribution >= 0.6 is 12.2 Å². The minimum atomic E-state index is 0.252. The van der Waals surface area contributed by atoms with Crippen LogP contribution in [0.4, 0.5) is 0 Å². The van der Waals surface area contributed by atoms with E-state index in [-0.39, 0.29) is 6.04 Å². The maximum atomic E-state index is 5.83. The monoisotopic (exact) mass is 271 g/mol. The Balaban J connectivity index is 1.91. The van der Waals surface area contributed by atoms with Gasteiger partial charge in [0.15, 0.2) is 0 Å². The third-order valence-corrected chi connectivity index (χ3v) is 4.08. The molecule has 0 amide bonds. The number of nitrogens with two attached hydrogens (primary N) is 1. The van der Waals surface area contributed by atoms with Crippen molar-refractivity contribution in [3.05, 3.63) is 42.1 Å². The predicted octanol–water partition coefficient (Wildman–Crippen LogP) is 2.49. The highest BCUT2D eigenvalue weighted by molar-refractivity contribution is 7.80. The number of para-hydroxylation sites is 1. The zero-order valence-electron chi connectivity index (χ0n) is 10.7. The van der Waals surface area contributed by atoms with Gasteiger partial charge in [-0.25, -0.2) is 0 Å². The third kappa shape index (κ3) is 2.46. The van der Waals surface area contributed by atoms with Gasteiger partial charge in [0.1, 0.15) is 0 Å². The summed E-state index contributed by atoms with van der Waals surface area (Å²) in [5, 5.41) is 1.22. The topological polar surface area (TPSA) is 42.1 Å². The maximum Gasteiger partial charge on any atom is 0.0902 e. The van der Waals surface area contributed by atoms with Crippen molar-refractivity contribution >= 4 is 28.1 Å². The molecular formula is C15H17N3S. The van der Waals surface area contributed by atoms with E-state index in [1.807, 2.05) is 18.3 Å². The lowest BCUT2D eigenvalue weighted by atomic mass is 10.1. The summed E-state index contributed by atoms with van der Waals surface area (Å²) in [6.45, 7) is 1.96. The number of aromatic nitrogens is 1. The Bertz CT molecular complexity index is 606. The zero-order valence-corrected chi connectivity index (χ0v) is 11.6. The van der Waals surface area contributed by atoms with Crippen LogP contribution in [-0.2, 0) is 6.54 Å². The number of pyridine rings is 1. The molecule has 98 valence electrons. The van der Waals surface area contributed by atoms with E-state index in [2.05, 4.69) is 28.1 Å².